The molecule has 0 saturated carbocycles. The van der Waals surface area contributed by atoms with E-state index in [1.807, 2.05) is 47.4 Å². The maximum absolute atomic E-state index is 12.7. The molecule has 1 amide bonds. The fourth-order valence-electron chi connectivity index (χ4n) is 3.24. The minimum atomic E-state index is -0.797. The number of rotatable bonds is 6. The molecule has 2 aromatic rings. The number of hydrogen-bond acceptors (Lipinski definition) is 4. The lowest BCUT2D eigenvalue weighted by Gasteiger charge is -2.34. The number of carboxylic acid groups (broad SMARTS) is 1. The standard InChI is InChI=1S/C21H24N2O4/c1-15(23-13-7-8-16(14-23)21(25)26)20(24)22-18-11-5-6-12-19(18)27-17-9-3-2-4-10-17/h2-6,9-12,15-16H,7-8,13-14H2,1H3,(H,22,24)(H,25,26). The lowest BCUT2D eigenvalue weighted by molar-refractivity contribution is -0.144. The summed E-state index contributed by atoms with van der Waals surface area (Å²) >= 11 is 0. The second kappa shape index (κ2) is 8.68. The van der Waals surface area contributed by atoms with Gasteiger partial charge in [0.25, 0.3) is 0 Å². The number of nitrogens with one attached hydrogen (secondary N) is 1. The highest BCUT2D eigenvalue weighted by Gasteiger charge is 2.30. The highest BCUT2D eigenvalue weighted by atomic mass is 16.5. The minimum Gasteiger partial charge on any atom is -0.481 e. The van der Waals surface area contributed by atoms with E-state index in [2.05, 4.69) is 5.32 Å². The van der Waals surface area contributed by atoms with Gasteiger partial charge in [0.05, 0.1) is 17.6 Å². The van der Waals surface area contributed by atoms with Gasteiger partial charge in [0.2, 0.25) is 5.91 Å². The molecule has 2 N–H and O–H groups in total. The van der Waals surface area contributed by atoms with Crippen molar-refractivity contribution in [3.63, 3.8) is 0 Å². The van der Waals surface area contributed by atoms with Crippen LogP contribution in [0.15, 0.2) is 54.6 Å². The SMILES string of the molecule is CC(C(=O)Nc1ccccc1Oc1ccccc1)N1CCCC(C(=O)O)C1. The summed E-state index contributed by atoms with van der Waals surface area (Å²) in [5.74, 6) is -0.138. The third-order valence-corrected chi connectivity index (χ3v) is 4.85. The van der Waals surface area contributed by atoms with Crippen molar-refractivity contribution in [2.75, 3.05) is 18.4 Å². The molecular weight excluding hydrogens is 344 g/mol. The van der Waals surface area contributed by atoms with Gasteiger partial charge in [0, 0.05) is 6.54 Å². The number of hydrogen-bond donors (Lipinski definition) is 2. The van der Waals surface area contributed by atoms with Crippen LogP contribution in [-0.4, -0.2) is 41.0 Å². The van der Waals surface area contributed by atoms with Crippen LogP contribution in [0.5, 0.6) is 11.5 Å². The van der Waals surface area contributed by atoms with Gasteiger partial charge < -0.3 is 15.2 Å². The number of aliphatic carboxylic acids is 1. The van der Waals surface area contributed by atoms with Crippen LogP contribution in [0.2, 0.25) is 0 Å². The molecule has 142 valence electrons. The van der Waals surface area contributed by atoms with Crippen LogP contribution >= 0.6 is 0 Å². The second-order valence-electron chi connectivity index (χ2n) is 6.75. The lowest BCUT2D eigenvalue weighted by atomic mass is 9.97. The van der Waals surface area contributed by atoms with E-state index in [0.29, 0.717) is 30.2 Å². The summed E-state index contributed by atoms with van der Waals surface area (Å²) in [6.07, 6.45) is 1.44. The Morgan fingerprint density at radius 3 is 2.59 bits per heavy atom. The number of anilines is 1. The normalized spacial score (nSPS) is 18.5. The molecule has 1 aliphatic rings. The number of para-hydroxylation sites is 3. The van der Waals surface area contributed by atoms with Crippen LogP contribution in [-0.2, 0) is 9.59 Å². The maximum Gasteiger partial charge on any atom is 0.307 e. The number of ether oxygens (including phenoxy) is 1. The number of nitrogens with zero attached hydrogens (tertiary/aromatic N) is 1. The Bertz CT molecular complexity index is 794. The number of carboxylic acids is 1. The molecule has 0 spiro atoms. The van der Waals surface area contributed by atoms with Gasteiger partial charge in [-0.2, -0.15) is 0 Å². The van der Waals surface area contributed by atoms with Crippen molar-refractivity contribution < 1.29 is 19.4 Å². The average molecular weight is 368 g/mol. The molecule has 1 saturated heterocycles. The Morgan fingerprint density at radius 2 is 1.85 bits per heavy atom. The van der Waals surface area contributed by atoms with Gasteiger partial charge in [-0.1, -0.05) is 30.3 Å². The van der Waals surface area contributed by atoms with Gasteiger partial charge in [-0.3, -0.25) is 14.5 Å². The topological polar surface area (TPSA) is 78.9 Å². The van der Waals surface area contributed by atoms with Crippen LogP contribution < -0.4 is 10.1 Å². The molecule has 2 aromatic carbocycles. The van der Waals surface area contributed by atoms with E-state index in [4.69, 9.17) is 4.74 Å². The molecule has 1 aliphatic heterocycles. The van der Waals surface area contributed by atoms with E-state index >= 15 is 0 Å². The fourth-order valence-corrected chi connectivity index (χ4v) is 3.24. The summed E-state index contributed by atoms with van der Waals surface area (Å²) in [7, 11) is 0. The van der Waals surface area contributed by atoms with E-state index in [-0.39, 0.29) is 5.91 Å². The first-order valence-electron chi connectivity index (χ1n) is 9.14. The van der Waals surface area contributed by atoms with Crippen molar-refractivity contribution >= 4 is 17.6 Å². The molecule has 0 aliphatic carbocycles. The van der Waals surface area contributed by atoms with Crippen molar-refractivity contribution in [2.24, 2.45) is 5.92 Å². The zero-order chi connectivity index (χ0) is 19.2. The molecule has 6 heteroatoms. The van der Waals surface area contributed by atoms with Gasteiger partial charge in [0.15, 0.2) is 5.75 Å². The average Bonchev–Trinajstić information content (AvgIpc) is 2.69. The molecule has 1 fully saturated rings. The van der Waals surface area contributed by atoms with Crippen LogP contribution in [0.25, 0.3) is 0 Å². The number of amides is 1. The van der Waals surface area contributed by atoms with E-state index in [0.717, 1.165) is 13.0 Å². The van der Waals surface area contributed by atoms with Crippen molar-refractivity contribution in [1.29, 1.82) is 0 Å². The Hall–Kier alpha value is -2.86. The third-order valence-electron chi connectivity index (χ3n) is 4.85. The van der Waals surface area contributed by atoms with Gasteiger partial charge in [-0.15, -0.1) is 0 Å². The quantitative estimate of drug-likeness (QED) is 0.814. The zero-order valence-corrected chi connectivity index (χ0v) is 15.3. The van der Waals surface area contributed by atoms with E-state index in [9.17, 15) is 14.7 Å². The molecule has 0 bridgehead atoms. The van der Waals surface area contributed by atoms with Crippen molar-refractivity contribution in [3.05, 3.63) is 54.6 Å². The maximum atomic E-state index is 12.7. The van der Waals surface area contributed by atoms with E-state index in [1.165, 1.54) is 0 Å². The Morgan fingerprint density at radius 1 is 1.15 bits per heavy atom. The molecule has 0 aromatic heterocycles. The van der Waals surface area contributed by atoms with Gasteiger partial charge in [-0.25, -0.2) is 0 Å². The molecule has 6 nitrogen and oxygen atoms in total. The second-order valence-corrected chi connectivity index (χ2v) is 6.75. The van der Waals surface area contributed by atoms with Gasteiger partial charge in [-0.05, 0) is 50.6 Å². The largest absolute Gasteiger partial charge is 0.481 e. The minimum absolute atomic E-state index is 0.176. The van der Waals surface area contributed by atoms with Crippen molar-refractivity contribution in [3.8, 4) is 11.5 Å². The van der Waals surface area contributed by atoms with E-state index < -0.39 is 17.9 Å². The highest BCUT2D eigenvalue weighted by Crippen LogP contribution is 2.29. The Balaban J connectivity index is 1.68. The van der Waals surface area contributed by atoms with Crippen LogP contribution in [0.4, 0.5) is 5.69 Å². The lowest BCUT2D eigenvalue weighted by Crippen LogP contribution is -2.48. The van der Waals surface area contributed by atoms with Gasteiger partial charge >= 0.3 is 5.97 Å². The molecule has 2 unspecified atom stereocenters. The summed E-state index contributed by atoms with van der Waals surface area (Å²) < 4.78 is 5.88. The summed E-state index contributed by atoms with van der Waals surface area (Å²) in [6, 6.07) is 16.2. The zero-order valence-electron chi connectivity index (χ0n) is 15.3. The number of carbonyl (C=O) groups is 2. The molecule has 1 heterocycles. The Kier molecular flexibility index (Phi) is 6.08. The summed E-state index contributed by atoms with van der Waals surface area (Å²) in [5, 5.41) is 12.2. The van der Waals surface area contributed by atoms with Crippen molar-refractivity contribution in [2.45, 2.75) is 25.8 Å². The van der Waals surface area contributed by atoms with Crippen LogP contribution in [0.1, 0.15) is 19.8 Å². The monoisotopic (exact) mass is 368 g/mol. The fraction of sp³-hybridized carbons (Fsp3) is 0.333. The first kappa shape index (κ1) is 18.9. The molecule has 3 rings (SSSR count). The third kappa shape index (κ3) is 4.86. The van der Waals surface area contributed by atoms with Crippen LogP contribution in [0.3, 0.4) is 0 Å². The predicted molar refractivity (Wildman–Crippen MR) is 103 cm³/mol. The summed E-state index contributed by atoms with van der Waals surface area (Å²) in [6.45, 7) is 2.92. The molecule has 27 heavy (non-hydrogen) atoms. The molecule has 2 atom stereocenters. The van der Waals surface area contributed by atoms with Gasteiger partial charge in [0.1, 0.15) is 5.75 Å². The molecule has 0 radical (unpaired) electrons. The van der Waals surface area contributed by atoms with Crippen LogP contribution in [0, 0.1) is 5.92 Å². The highest BCUT2D eigenvalue weighted by molar-refractivity contribution is 5.96. The first-order valence-corrected chi connectivity index (χ1v) is 9.14. The summed E-state index contributed by atoms with van der Waals surface area (Å²) in [5.41, 5.74) is 0.588. The van der Waals surface area contributed by atoms with E-state index in [1.54, 1.807) is 19.1 Å². The predicted octanol–water partition coefficient (Wildman–Crippen LogP) is 3.60. The smallest absolute Gasteiger partial charge is 0.307 e. The molecular formula is C21H24N2O4. The number of benzene rings is 2. The number of piperidine rings is 1. The number of carbonyl (C=O) groups excluding carboxylic acids is 1. The summed E-state index contributed by atoms with van der Waals surface area (Å²) in [4.78, 5) is 25.9. The number of likely N-dealkylation sites (tertiary alicyclic amines) is 1. The first-order chi connectivity index (χ1) is 13.0. The van der Waals surface area contributed by atoms with Crippen molar-refractivity contribution in [1.82, 2.24) is 4.90 Å². The Labute approximate surface area is 158 Å².